The zero-order valence-electron chi connectivity index (χ0n) is 12.2. The van der Waals surface area contributed by atoms with Gasteiger partial charge in [-0.15, -0.1) is 11.3 Å². The molecule has 0 spiro atoms. The van der Waals surface area contributed by atoms with Gasteiger partial charge in [0, 0.05) is 11.3 Å². The molecule has 8 nitrogen and oxygen atoms in total. The Morgan fingerprint density at radius 1 is 1.22 bits per heavy atom. The number of thiophene rings is 1. The summed E-state index contributed by atoms with van der Waals surface area (Å²) in [5.41, 5.74) is 1.18. The Kier molecular flexibility index (Phi) is 3.46. The highest BCUT2D eigenvalue weighted by molar-refractivity contribution is 7.09. The molecule has 0 unspecified atom stereocenters. The van der Waals surface area contributed by atoms with E-state index in [2.05, 4.69) is 30.6 Å². The van der Waals surface area contributed by atoms with Crippen LogP contribution >= 0.6 is 11.3 Å². The number of fused-ring (bicyclic) bond motifs is 1. The molecule has 4 rings (SSSR count). The van der Waals surface area contributed by atoms with Crippen molar-refractivity contribution in [1.29, 1.82) is 0 Å². The van der Waals surface area contributed by atoms with E-state index in [0.717, 1.165) is 11.1 Å². The molecule has 0 aliphatic heterocycles. The molecule has 0 atom stereocenters. The second kappa shape index (κ2) is 5.76. The lowest BCUT2D eigenvalue weighted by Crippen LogP contribution is -2.03. The predicted molar refractivity (Wildman–Crippen MR) is 83.1 cm³/mol. The number of aromatic nitrogens is 5. The van der Waals surface area contributed by atoms with E-state index in [9.17, 15) is 0 Å². The van der Waals surface area contributed by atoms with Crippen LogP contribution in [0.3, 0.4) is 0 Å². The van der Waals surface area contributed by atoms with E-state index < -0.39 is 0 Å². The highest BCUT2D eigenvalue weighted by Crippen LogP contribution is 2.22. The molecule has 0 aliphatic rings. The molecule has 1 N–H and O–H groups in total. The quantitative estimate of drug-likeness (QED) is 0.596. The van der Waals surface area contributed by atoms with Gasteiger partial charge in [0.05, 0.1) is 12.2 Å². The van der Waals surface area contributed by atoms with Gasteiger partial charge in [-0.05, 0) is 18.4 Å². The minimum Gasteiger partial charge on any atom is -0.360 e. The molecule has 0 aromatic carbocycles. The lowest BCUT2D eigenvalue weighted by molar-refractivity contribution is 0.378. The maximum Gasteiger partial charge on any atom is 0.263 e. The molecule has 9 heteroatoms. The Morgan fingerprint density at radius 2 is 2.17 bits per heavy atom. The molecule has 0 radical (unpaired) electrons. The van der Waals surface area contributed by atoms with Crippen molar-refractivity contribution in [3.63, 3.8) is 0 Å². The van der Waals surface area contributed by atoms with Crippen LogP contribution in [-0.4, -0.2) is 25.3 Å². The molecule has 0 fully saturated rings. The lowest BCUT2D eigenvalue weighted by Gasteiger charge is -2.02. The van der Waals surface area contributed by atoms with Gasteiger partial charge in [0.15, 0.2) is 5.82 Å². The standard InChI is InChI=1S/C14H12N6O2S/c1-8-12-13(16-7-17-14(12)22-19-8)15-6-11-18-10(20-21-11)5-9-3-2-4-23-9/h2-4,7H,5-6H2,1H3,(H,15,16,17). The van der Waals surface area contributed by atoms with Crippen molar-refractivity contribution in [2.75, 3.05) is 5.32 Å². The van der Waals surface area contributed by atoms with Crippen molar-refractivity contribution in [2.45, 2.75) is 19.9 Å². The van der Waals surface area contributed by atoms with Crippen LogP contribution in [0.5, 0.6) is 0 Å². The first-order valence-corrected chi connectivity index (χ1v) is 7.82. The van der Waals surface area contributed by atoms with E-state index in [0.29, 0.717) is 36.2 Å². The van der Waals surface area contributed by atoms with Gasteiger partial charge in [0.25, 0.3) is 5.71 Å². The van der Waals surface area contributed by atoms with E-state index in [1.54, 1.807) is 11.3 Å². The molecule has 0 amide bonds. The fraction of sp³-hybridized carbons (Fsp3) is 0.214. The smallest absolute Gasteiger partial charge is 0.263 e. The van der Waals surface area contributed by atoms with E-state index >= 15 is 0 Å². The number of nitrogens with one attached hydrogen (secondary N) is 1. The zero-order chi connectivity index (χ0) is 15.6. The van der Waals surface area contributed by atoms with E-state index in [1.165, 1.54) is 11.2 Å². The summed E-state index contributed by atoms with van der Waals surface area (Å²) in [5.74, 6) is 1.79. The first-order valence-electron chi connectivity index (χ1n) is 6.94. The molecule has 0 saturated carbocycles. The number of aryl methyl sites for hydroxylation is 1. The summed E-state index contributed by atoms with van der Waals surface area (Å²) in [7, 11) is 0. The molecule has 0 aliphatic carbocycles. The monoisotopic (exact) mass is 328 g/mol. The number of anilines is 1. The number of nitrogens with zero attached hydrogens (tertiary/aromatic N) is 5. The summed E-state index contributed by atoms with van der Waals surface area (Å²) in [6, 6.07) is 4.05. The minimum atomic E-state index is 0.369. The average Bonchev–Trinajstić information content (AvgIpc) is 3.29. The Balaban J connectivity index is 1.48. The first-order chi connectivity index (χ1) is 11.3. The normalized spacial score (nSPS) is 11.2. The van der Waals surface area contributed by atoms with Gasteiger partial charge in [-0.2, -0.15) is 9.97 Å². The Labute approximate surface area is 134 Å². The van der Waals surface area contributed by atoms with Gasteiger partial charge in [0.1, 0.15) is 17.5 Å². The summed E-state index contributed by atoms with van der Waals surface area (Å²) in [5, 5.41) is 13.8. The number of hydrogen-bond donors (Lipinski definition) is 1. The lowest BCUT2D eigenvalue weighted by atomic mass is 10.3. The van der Waals surface area contributed by atoms with Gasteiger partial charge in [-0.25, -0.2) is 4.98 Å². The van der Waals surface area contributed by atoms with Crippen LogP contribution < -0.4 is 5.32 Å². The molecule has 0 saturated heterocycles. The molecule has 23 heavy (non-hydrogen) atoms. The number of rotatable bonds is 5. The topological polar surface area (TPSA) is 103 Å². The molecule has 116 valence electrons. The predicted octanol–water partition coefficient (Wildman–Crippen LogP) is 2.57. The highest BCUT2D eigenvalue weighted by atomic mass is 32.1. The van der Waals surface area contributed by atoms with E-state index in [1.807, 2.05) is 24.4 Å². The van der Waals surface area contributed by atoms with Crippen LogP contribution in [0.4, 0.5) is 5.82 Å². The third-order valence-corrected chi connectivity index (χ3v) is 4.15. The van der Waals surface area contributed by atoms with Gasteiger partial charge in [-0.3, -0.25) is 0 Å². The van der Waals surface area contributed by atoms with Gasteiger partial charge in [0.2, 0.25) is 5.89 Å². The summed E-state index contributed by atoms with van der Waals surface area (Å²) in [6.45, 7) is 2.21. The van der Waals surface area contributed by atoms with Crippen molar-refractivity contribution >= 4 is 28.3 Å². The Bertz CT molecular complexity index is 930. The highest BCUT2D eigenvalue weighted by Gasteiger charge is 2.13. The summed E-state index contributed by atoms with van der Waals surface area (Å²) in [4.78, 5) is 13.8. The van der Waals surface area contributed by atoms with Crippen LogP contribution in [0.15, 0.2) is 32.9 Å². The largest absolute Gasteiger partial charge is 0.360 e. The summed E-state index contributed by atoms with van der Waals surface area (Å²) >= 11 is 1.67. The third kappa shape index (κ3) is 2.78. The molecule has 0 bridgehead atoms. The van der Waals surface area contributed by atoms with E-state index in [4.69, 9.17) is 9.05 Å². The zero-order valence-corrected chi connectivity index (χ0v) is 13.0. The molecule has 4 aromatic heterocycles. The van der Waals surface area contributed by atoms with Crippen LogP contribution in [-0.2, 0) is 13.0 Å². The van der Waals surface area contributed by atoms with Crippen molar-refractivity contribution in [3.05, 3.63) is 46.1 Å². The van der Waals surface area contributed by atoms with Crippen molar-refractivity contribution in [2.24, 2.45) is 0 Å². The second-order valence-corrected chi connectivity index (χ2v) is 5.92. The van der Waals surface area contributed by atoms with Crippen molar-refractivity contribution in [3.8, 4) is 0 Å². The Morgan fingerprint density at radius 3 is 3.04 bits per heavy atom. The average molecular weight is 328 g/mol. The number of hydrogen-bond acceptors (Lipinski definition) is 9. The second-order valence-electron chi connectivity index (χ2n) is 4.88. The molecular weight excluding hydrogens is 316 g/mol. The molecule has 4 aromatic rings. The first kappa shape index (κ1) is 13.8. The van der Waals surface area contributed by atoms with Crippen molar-refractivity contribution < 1.29 is 9.05 Å². The van der Waals surface area contributed by atoms with Crippen LogP contribution in [0.25, 0.3) is 11.1 Å². The maximum atomic E-state index is 5.26. The van der Waals surface area contributed by atoms with Crippen LogP contribution in [0.2, 0.25) is 0 Å². The fourth-order valence-electron chi connectivity index (χ4n) is 2.22. The van der Waals surface area contributed by atoms with Crippen molar-refractivity contribution in [1.82, 2.24) is 25.3 Å². The fourth-order valence-corrected chi connectivity index (χ4v) is 2.92. The van der Waals surface area contributed by atoms with E-state index in [-0.39, 0.29) is 0 Å². The maximum absolute atomic E-state index is 5.26. The van der Waals surface area contributed by atoms with Gasteiger partial charge < -0.3 is 14.4 Å². The summed E-state index contributed by atoms with van der Waals surface area (Å²) < 4.78 is 10.4. The van der Waals surface area contributed by atoms with Crippen LogP contribution in [0.1, 0.15) is 22.3 Å². The Hall–Kier alpha value is -2.81. The summed E-state index contributed by atoms with van der Waals surface area (Å²) in [6.07, 6.45) is 2.09. The molecule has 4 heterocycles. The third-order valence-electron chi connectivity index (χ3n) is 3.27. The SMILES string of the molecule is Cc1noc2ncnc(NCc3nc(Cc4cccs4)no3)c12. The molecular formula is C14H12N6O2S. The minimum absolute atomic E-state index is 0.369. The van der Waals surface area contributed by atoms with Gasteiger partial charge in [-0.1, -0.05) is 16.4 Å². The van der Waals surface area contributed by atoms with Crippen LogP contribution in [0, 0.1) is 6.92 Å². The van der Waals surface area contributed by atoms with Gasteiger partial charge >= 0.3 is 0 Å².